The predicted molar refractivity (Wildman–Crippen MR) is 67.1 cm³/mol. The smallest absolute Gasteiger partial charge is 0.187 e. The lowest BCUT2D eigenvalue weighted by Gasteiger charge is -2.04. The van der Waals surface area contributed by atoms with Crippen LogP contribution in [0.4, 0.5) is 10.1 Å². The lowest BCUT2D eigenvalue weighted by Crippen LogP contribution is -1.94. The molecule has 1 heterocycles. The minimum absolute atomic E-state index is 0.278. The summed E-state index contributed by atoms with van der Waals surface area (Å²) in [5.74, 6) is 0.284. The molecule has 2 rings (SSSR count). The molecule has 0 amide bonds. The molecule has 0 radical (unpaired) electrons. The summed E-state index contributed by atoms with van der Waals surface area (Å²) in [6.45, 7) is 1.93. The fourth-order valence-corrected chi connectivity index (χ4v) is 2.09. The van der Waals surface area contributed by atoms with Gasteiger partial charge in [0.1, 0.15) is 5.82 Å². The van der Waals surface area contributed by atoms with Gasteiger partial charge in [0.2, 0.25) is 0 Å². The molecule has 0 saturated heterocycles. The third-order valence-corrected chi connectivity index (χ3v) is 3.14. The van der Waals surface area contributed by atoms with E-state index in [9.17, 15) is 4.39 Å². The number of aromatic nitrogens is 2. The van der Waals surface area contributed by atoms with Gasteiger partial charge in [-0.2, -0.15) is 0 Å². The molecule has 2 N–H and O–H groups in total. The van der Waals surface area contributed by atoms with Crippen molar-refractivity contribution in [1.29, 1.82) is 0 Å². The lowest BCUT2D eigenvalue weighted by molar-refractivity contribution is 0.627. The summed E-state index contributed by atoms with van der Waals surface area (Å²) in [5.41, 5.74) is 8.12. The Labute approximate surface area is 103 Å². The highest BCUT2D eigenvalue weighted by atomic mass is 32.2. The second-order valence-corrected chi connectivity index (χ2v) is 4.62. The topological polar surface area (TPSA) is 51.8 Å². The number of anilines is 1. The molecule has 0 aliphatic carbocycles. The number of nitrogens with two attached hydrogens (primary N) is 1. The van der Waals surface area contributed by atoms with E-state index in [0.29, 0.717) is 16.6 Å². The van der Waals surface area contributed by atoms with Gasteiger partial charge < -0.3 is 5.73 Å². The quantitative estimate of drug-likeness (QED) is 0.516. The number of benzene rings is 1. The van der Waals surface area contributed by atoms with Crippen molar-refractivity contribution in [3.63, 3.8) is 0 Å². The SMILES string of the molecule is Cc1cnc(SCc2cc(F)ccc2N)nc1. The Morgan fingerprint density at radius 3 is 2.71 bits per heavy atom. The van der Waals surface area contributed by atoms with Gasteiger partial charge in [-0.15, -0.1) is 0 Å². The Bertz CT molecular complexity index is 514. The van der Waals surface area contributed by atoms with Gasteiger partial charge in [-0.3, -0.25) is 0 Å². The van der Waals surface area contributed by atoms with Crippen LogP contribution in [0.5, 0.6) is 0 Å². The standard InChI is InChI=1S/C12H12FN3S/c1-8-5-15-12(16-6-8)17-7-9-4-10(13)2-3-11(9)14/h2-6H,7,14H2,1H3. The number of nitrogen functional groups attached to an aromatic ring is 1. The van der Waals surface area contributed by atoms with Crippen LogP contribution in [0.15, 0.2) is 35.7 Å². The summed E-state index contributed by atoms with van der Waals surface area (Å²) in [6, 6.07) is 4.36. The maximum atomic E-state index is 13.0. The van der Waals surface area contributed by atoms with Crippen LogP contribution in [-0.4, -0.2) is 9.97 Å². The summed E-state index contributed by atoms with van der Waals surface area (Å²) in [7, 11) is 0. The van der Waals surface area contributed by atoms with E-state index in [1.165, 1.54) is 23.9 Å². The van der Waals surface area contributed by atoms with Crippen LogP contribution in [0, 0.1) is 12.7 Å². The normalized spacial score (nSPS) is 10.5. The summed E-state index contributed by atoms with van der Waals surface area (Å²) in [6.07, 6.45) is 3.51. The predicted octanol–water partition coefficient (Wildman–Crippen LogP) is 2.80. The summed E-state index contributed by atoms with van der Waals surface area (Å²) < 4.78 is 13.0. The van der Waals surface area contributed by atoms with Crippen molar-refractivity contribution in [2.45, 2.75) is 17.8 Å². The third kappa shape index (κ3) is 3.17. The molecule has 17 heavy (non-hydrogen) atoms. The molecule has 5 heteroatoms. The Morgan fingerprint density at radius 1 is 1.29 bits per heavy atom. The molecule has 0 bridgehead atoms. The Kier molecular flexibility index (Phi) is 3.58. The third-order valence-electron chi connectivity index (χ3n) is 2.22. The van der Waals surface area contributed by atoms with Crippen LogP contribution in [0.3, 0.4) is 0 Å². The molecule has 0 fully saturated rings. The van der Waals surface area contributed by atoms with Gasteiger partial charge in [-0.05, 0) is 36.2 Å². The maximum absolute atomic E-state index is 13.0. The van der Waals surface area contributed by atoms with E-state index in [1.54, 1.807) is 18.5 Å². The van der Waals surface area contributed by atoms with Crippen molar-refractivity contribution in [3.05, 3.63) is 47.5 Å². The summed E-state index contributed by atoms with van der Waals surface area (Å²) in [5, 5.41) is 0.666. The first-order valence-corrected chi connectivity index (χ1v) is 6.09. The number of thioether (sulfide) groups is 1. The first-order chi connectivity index (χ1) is 8.15. The molecule has 0 atom stereocenters. The molecule has 0 saturated carbocycles. The van der Waals surface area contributed by atoms with Crippen LogP contribution >= 0.6 is 11.8 Å². The molecule has 0 aliphatic rings. The Balaban J connectivity index is 2.07. The number of rotatable bonds is 3. The molecule has 0 unspecified atom stereocenters. The average Bonchev–Trinajstić information content (AvgIpc) is 2.32. The summed E-state index contributed by atoms with van der Waals surface area (Å²) >= 11 is 1.44. The number of hydrogen-bond donors (Lipinski definition) is 1. The number of halogens is 1. The van der Waals surface area contributed by atoms with E-state index >= 15 is 0 Å². The Morgan fingerprint density at radius 2 is 2.00 bits per heavy atom. The molecular weight excluding hydrogens is 237 g/mol. The van der Waals surface area contributed by atoms with Crippen molar-refractivity contribution in [2.75, 3.05) is 5.73 Å². The second-order valence-electron chi connectivity index (χ2n) is 3.67. The molecule has 88 valence electrons. The van der Waals surface area contributed by atoms with Gasteiger partial charge in [0, 0.05) is 23.8 Å². The second kappa shape index (κ2) is 5.14. The van der Waals surface area contributed by atoms with Crippen LogP contribution in [0.1, 0.15) is 11.1 Å². The van der Waals surface area contributed by atoms with E-state index in [2.05, 4.69) is 9.97 Å². The molecule has 0 spiro atoms. The summed E-state index contributed by atoms with van der Waals surface area (Å²) in [4.78, 5) is 8.33. The van der Waals surface area contributed by atoms with Crippen molar-refractivity contribution in [1.82, 2.24) is 9.97 Å². The van der Waals surface area contributed by atoms with Gasteiger partial charge in [0.25, 0.3) is 0 Å². The van der Waals surface area contributed by atoms with Crippen molar-refractivity contribution < 1.29 is 4.39 Å². The van der Waals surface area contributed by atoms with Crippen molar-refractivity contribution >= 4 is 17.4 Å². The van der Waals surface area contributed by atoms with E-state index < -0.39 is 0 Å². The molecule has 2 aromatic rings. The fraction of sp³-hybridized carbons (Fsp3) is 0.167. The lowest BCUT2D eigenvalue weighted by atomic mass is 10.2. The molecule has 3 nitrogen and oxygen atoms in total. The van der Waals surface area contributed by atoms with E-state index in [-0.39, 0.29) is 5.82 Å². The van der Waals surface area contributed by atoms with E-state index in [0.717, 1.165) is 11.1 Å². The van der Waals surface area contributed by atoms with E-state index in [4.69, 9.17) is 5.73 Å². The monoisotopic (exact) mass is 249 g/mol. The minimum Gasteiger partial charge on any atom is -0.398 e. The van der Waals surface area contributed by atoms with Crippen molar-refractivity contribution in [2.24, 2.45) is 0 Å². The number of nitrogens with zero attached hydrogens (tertiary/aromatic N) is 2. The fourth-order valence-electron chi connectivity index (χ4n) is 1.30. The van der Waals surface area contributed by atoms with Crippen LogP contribution in [0.2, 0.25) is 0 Å². The highest BCUT2D eigenvalue weighted by Gasteiger charge is 2.03. The molecule has 1 aromatic heterocycles. The molecule has 1 aromatic carbocycles. The zero-order valence-electron chi connectivity index (χ0n) is 9.35. The average molecular weight is 249 g/mol. The maximum Gasteiger partial charge on any atom is 0.187 e. The van der Waals surface area contributed by atoms with Gasteiger partial charge in [-0.25, -0.2) is 14.4 Å². The number of aryl methyl sites for hydroxylation is 1. The highest BCUT2D eigenvalue weighted by molar-refractivity contribution is 7.98. The zero-order chi connectivity index (χ0) is 12.3. The van der Waals surface area contributed by atoms with Gasteiger partial charge in [0.05, 0.1) is 0 Å². The van der Waals surface area contributed by atoms with Crippen LogP contribution < -0.4 is 5.73 Å². The molecular formula is C12H12FN3S. The van der Waals surface area contributed by atoms with Gasteiger partial charge in [0.15, 0.2) is 5.16 Å². The molecule has 0 aliphatic heterocycles. The Hall–Kier alpha value is -1.62. The first kappa shape index (κ1) is 11.9. The number of hydrogen-bond acceptors (Lipinski definition) is 4. The first-order valence-electron chi connectivity index (χ1n) is 5.10. The van der Waals surface area contributed by atoms with Gasteiger partial charge >= 0.3 is 0 Å². The zero-order valence-corrected chi connectivity index (χ0v) is 10.2. The minimum atomic E-state index is -0.278. The highest BCUT2D eigenvalue weighted by Crippen LogP contribution is 2.23. The largest absolute Gasteiger partial charge is 0.398 e. The van der Waals surface area contributed by atoms with Crippen LogP contribution in [-0.2, 0) is 5.75 Å². The van der Waals surface area contributed by atoms with Crippen LogP contribution in [0.25, 0.3) is 0 Å². The van der Waals surface area contributed by atoms with Gasteiger partial charge in [-0.1, -0.05) is 11.8 Å². The van der Waals surface area contributed by atoms with E-state index in [1.807, 2.05) is 6.92 Å². The van der Waals surface area contributed by atoms with Crippen molar-refractivity contribution in [3.8, 4) is 0 Å².